The monoisotopic (exact) mass is 342 g/mol. The van der Waals surface area contributed by atoms with E-state index >= 15 is 0 Å². The molecule has 0 spiro atoms. The minimum absolute atomic E-state index is 0.150. The first-order chi connectivity index (χ1) is 11.3. The number of rotatable bonds is 2. The van der Waals surface area contributed by atoms with Gasteiger partial charge in [0.05, 0.1) is 11.7 Å². The molecule has 0 saturated carbocycles. The molecule has 0 unspecified atom stereocenters. The van der Waals surface area contributed by atoms with Crippen LogP contribution in [0.1, 0.15) is 46.7 Å². The highest BCUT2D eigenvalue weighted by Crippen LogP contribution is 2.30. The van der Waals surface area contributed by atoms with Crippen molar-refractivity contribution in [3.8, 4) is 0 Å². The minimum atomic E-state index is -4.44. The van der Waals surface area contributed by atoms with E-state index in [1.54, 1.807) is 18.7 Å². The van der Waals surface area contributed by atoms with Crippen LogP contribution in [0.3, 0.4) is 0 Å². The van der Waals surface area contributed by atoms with E-state index in [4.69, 9.17) is 4.42 Å². The molecule has 1 amide bonds. The van der Waals surface area contributed by atoms with Crippen LogP contribution < -0.4 is 0 Å². The fourth-order valence-corrected chi connectivity index (χ4v) is 2.90. The average molecular weight is 342 g/mol. The maximum absolute atomic E-state index is 12.6. The third-order valence-corrected chi connectivity index (χ3v) is 4.12. The van der Waals surface area contributed by atoms with Crippen LogP contribution in [-0.2, 0) is 6.18 Å². The van der Waals surface area contributed by atoms with Crippen molar-refractivity contribution >= 4 is 5.91 Å². The fraction of sp³-hybridized carbons (Fsp3) is 0.533. The lowest BCUT2D eigenvalue weighted by molar-refractivity contribution is -0.141. The van der Waals surface area contributed by atoms with E-state index in [1.165, 1.54) is 10.9 Å². The molecular weight excluding hydrogens is 325 g/mol. The standard InChI is InChI=1S/C15H17F3N4O2/c1-9-13(24-10(2)19-9)14(23)21-6-3-11(4-7-21)22-8-5-12(20-22)15(16,17)18/h5,8,11H,3-4,6-7H2,1-2H3. The Hall–Kier alpha value is -2.32. The zero-order valence-corrected chi connectivity index (χ0v) is 13.3. The Morgan fingerprint density at radius 1 is 1.29 bits per heavy atom. The quantitative estimate of drug-likeness (QED) is 0.842. The summed E-state index contributed by atoms with van der Waals surface area (Å²) < 4.78 is 44.5. The first-order valence-electron chi connectivity index (χ1n) is 7.61. The van der Waals surface area contributed by atoms with Crippen LogP contribution in [0.15, 0.2) is 16.7 Å². The Kier molecular flexibility index (Phi) is 4.10. The summed E-state index contributed by atoms with van der Waals surface area (Å²) in [4.78, 5) is 18.2. The maximum Gasteiger partial charge on any atom is 0.435 e. The highest BCUT2D eigenvalue weighted by molar-refractivity contribution is 5.92. The fourth-order valence-electron chi connectivity index (χ4n) is 2.90. The summed E-state index contributed by atoms with van der Waals surface area (Å²) in [5, 5.41) is 3.61. The molecule has 1 aliphatic heterocycles. The van der Waals surface area contributed by atoms with Crippen LogP contribution in [-0.4, -0.2) is 38.7 Å². The lowest BCUT2D eigenvalue weighted by atomic mass is 10.0. The molecule has 3 heterocycles. The maximum atomic E-state index is 12.6. The molecule has 24 heavy (non-hydrogen) atoms. The number of oxazole rings is 1. The summed E-state index contributed by atoms with van der Waals surface area (Å²) in [5.41, 5.74) is -0.352. The summed E-state index contributed by atoms with van der Waals surface area (Å²) in [6.07, 6.45) is -2.02. The number of carbonyl (C=O) groups is 1. The van der Waals surface area contributed by atoms with Gasteiger partial charge >= 0.3 is 6.18 Å². The van der Waals surface area contributed by atoms with E-state index in [-0.39, 0.29) is 17.7 Å². The lowest BCUT2D eigenvalue weighted by Crippen LogP contribution is -2.39. The van der Waals surface area contributed by atoms with Crippen LogP contribution in [0.25, 0.3) is 0 Å². The second kappa shape index (κ2) is 5.95. The Bertz CT molecular complexity index is 742. The van der Waals surface area contributed by atoms with Gasteiger partial charge in [0.1, 0.15) is 0 Å². The SMILES string of the molecule is Cc1nc(C)c(C(=O)N2CCC(n3ccc(C(F)(F)F)n3)CC2)o1. The van der Waals surface area contributed by atoms with Gasteiger partial charge in [0, 0.05) is 26.2 Å². The number of amides is 1. The van der Waals surface area contributed by atoms with Gasteiger partial charge in [-0.1, -0.05) is 0 Å². The van der Waals surface area contributed by atoms with E-state index in [0.29, 0.717) is 37.5 Å². The number of nitrogens with zero attached hydrogens (tertiary/aromatic N) is 4. The van der Waals surface area contributed by atoms with Gasteiger partial charge in [-0.2, -0.15) is 18.3 Å². The first-order valence-corrected chi connectivity index (χ1v) is 7.61. The summed E-state index contributed by atoms with van der Waals surface area (Å²) in [6.45, 7) is 4.25. The first kappa shape index (κ1) is 16.5. The second-order valence-corrected chi connectivity index (χ2v) is 5.85. The van der Waals surface area contributed by atoms with Gasteiger partial charge < -0.3 is 9.32 Å². The predicted molar refractivity (Wildman–Crippen MR) is 77.4 cm³/mol. The molecule has 0 N–H and O–H groups in total. The topological polar surface area (TPSA) is 64.2 Å². The zero-order chi connectivity index (χ0) is 17.5. The van der Waals surface area contributed by atoms with E-state index in [9.17, 15) is 18.0 Å². The molecule has 0 atom stereocenters. The second-order valence-electron chi connectivity index (χ2n) is 5.85. The van der Waals surface area contributed by atoms with E-state index in [1.807, 2.05) is 0 Å². The number of hydrogen-bond acceptors (Lipinski definition) is 4. The Morgan fingerprint density at radius 2 is 1.96 bits per heavy atom. The van der Waals surface area contributed by atoms with Gasteiger partial charge in [-0.05, 0) is 25.8 Å². The number of hydrogen-bond donors (Lipinski definition) is 0. The van der Waals surface area contributed by atoms with E-state index in [0.717, 1.165) is 6.07 Å². The minimum Gasteiger partial charge on any atom is -0.436 e. The molecule has 0 aromatic carbocycles. The molecule has 1 aliphatic rings. The Balaban J connectivity index is 1.64. The van der Waals surface area contributed by atoms with Crippen molar-refractivity contribution in [3.63, 3.8) is 0 Å². The molecule has 6 nitrogen and oxygen atoms in total. The van der Waals surface area contributed by atoms with Crippen LogP contribution in [0.4, 0.5) is 13.2 Å². The van der Waals surface area contributed by atoms with Crippen molar-refractivity contribution in [1.82, 2.24) is 19.7 Å². The van der Waals surface area contributed by atoms with Crippen molar-refractivity contribution in [2.24, 2.45) is 0 Å². The highest BCUT2D eigenvalue weighted by Gasteiger charge is 2.35. The van der Waals surface area contributed by atoms with Gasteiger partial charge in [-0.3, -0.25) is 9.48 Å². The van der Waals surface area contributed by atoms with E-state index in [2.05, 4.69) is 10.1 Å². The number of halogens is 3. The van der Waals surface area contributed by atoms with Crippen molar-refractivity contribution < 1.29 is 22.4 Å². The zero-order valence-electron chi connectivity index (χ0n) is 13.3. The van der Waals surface area contributed by atoms with Crippen molar-refractivity contribution in [3.05, 3.63) is 35.3 Å². The van der Waals surface area contributed by atoms with Crippen molar-refractivity contribution in [2.75, 3.05) is 13.1 Å². The molecular formula is C15H17F3N4O2. The lowest BCUT2D eigenvalue weighted by Gasteiger charge is -2.31. The van der Waals surface area contributed by atoms with Gasteiger partial charge in [-0.25, -0.2) is 4.98 Å². The molecule has 3 rings (SSSR count). The van der Waals surface area contributed by atoms with Crippen LogP contribution in [0.5, 0.6) is 0 Å². The average Bonchev–Trinajstić information content (AvgIpc) is 3.13. The summed E-state index contributed by atoms with van der Waals surface area (Å²) in [5.74, 6) is 0.425. The predicted octanol–water partition coefficient (Wildman–Crippen LogP) is 2.98. The van der Waals surface area contributed by atoms with Crippen molar-refractivity contribution in [2.45, 2.75) is 38.9 Å². The normalized spacial score (nSPS) is 16.6. The van der Waals surface area contributed by atoms with Gasteiger partial charge in [-0.15, -0.1) is 0 Å². The number of aryl methyl sites for hydroxylation is 2. The molecule has 0 radical (unpaired) electrons. The third-order valence-electron chi connectivity index (χ3n) is 4.12. The van der Waals surface area contributed by atoms with Crippen LogP contribution in [0.2, 0.25) is 0 Å². The number of likely N-dealkylation sites (tertiary alicyclic amines) is 1. The molecule has 130 valence electrons. The van der Waals surface area contributed by atoms with E-state index < -0.39 is 11.9 Å². The number of alkyl halides is 3. The van der Waals surface area contributed by atoms with Gasteiger partial charge in [0.2, 0.25) is 5.76 Å². The Labute approximate surface area is 136 Å². The van der Waals surface area contributed by atoms with Gasteiger partial charge in [0.15, 0.2) is 11.6 Å². The molecule has 0 aliphatic carbocycles. The van der Waals surface area contributed by atoms with Crippen LogP contribution in [0, 0.1) is 13.8 Å². The summed E-state index contributed by atoms with van der Waals surface area (Å²) in [7, 11) is 0. The third kappa shape index (κ3) is 3.15. The summed E-state index contributed by atoms with van der Waals surface area (Å²) >= 11 is 0. The molecule has 9 heteroatoms. The molecule has 2 aromatic heterocycles. The number of piperidine rings is 1. The molecule has 2 aromatic rings. The molecule has 1 fully saturated rings. The Morgan fingerprint density at radius 3 is 2.46 bits per heavy atom. The number of carbonyl (C=O) groups excluding carboxylic acids is 1. The smallest absolute Gasteiger partial charge is 0.435 e. The summed E-state index contributed by atoms with van der Waals surface area (Å²) in [6, 6.07) is 0.820. The number of aromatic nitrogens is 3. The largest absolute Gasteiger partial charge is 0.436 e. The highest BCUT2D eigenvalue weighted by atomic mass is 19.4. The van der Waals surface area contributed by atoms with Crippen molar-refractivity contribution in [1.29, 1.82) is 0 Å². The van der Waals surface area contributed by atoms with Gasteiger partial charge in [0.25, 0.3) is 5.91 Å². The molecule has 0 bridgehead atoms. The molecule has 1 saturated heterocycles. The van der Waals surface area contributed by atoms with Crippen LogP contribution >= 0.6 is 0 Å².